The van der Waals surface area contributed by atoms with E-state index in [2.05, 4.69) is 29.4 Å². The Kier molecular flexibility index (Phi) is 4.28. The van der Waals surface area contributed by atoms with E-state index in [-0.39, 0.29) is 12.6 Å². The van der Waals surface area contributed by atoms with Gasteiger partial charge in [-0.1, -0.05) is 25.1 Å². The molecule has 0 unspecified atom stereocenters. The standard InChI is InChI=1S/C15H20N2O/c1-3-13(10-18)16-9-12-8-11(2)17-15-7-5-4-6-14(12)15/h4-8,13,16,18H,3,9-10H2,1-2H3/t13-/m1/s1. The number of hydrogen-bond donors (Lipinski definition) is 2. The molecule has 0 aliphatic heterocycles. The first-order chi connectivity index (χ1) is 8.74. The number of nitrogens with one attached hydrogen (secondary N) is 1. The number of aliphatic hydroxyl groups is 1. The third-order valence-electron chi connectivity index (χ3n) is 3.22. The van der Waals surface area contributed by atoms with Crippen molar-refractivity contribution < 1.29 is 5.11 Å². The second kappa shape index (κ2) is 5.94. The van der Waals surface area contributed by atoms with Crippen LogP contribution in [-0.2, 0) is 6.54 Å². The molecule has 0 fully saturated rings. The van der Waals surface area contributed by atoms with Crippen LogP contribution in [0.5, 0.6) is 0 Å². The van der Waals surface area contributed by atoms with Crippen molar-refractivity contribution in [3.8, 4) is 0 Å². The average Bonchev–Trinajstić information content (AvgIpc) is 2.39. The highest BCUT2D eigenvalue weighted by atomic mass is 16.3. The molecule has 3 nitrogen and oxygen atoms in total. The molecule has 0 radical (unpaired) electrons. The smallest absolute Gasteiger partial charge is 0.0708 e. The second-order valence-corrected chi connectivity index (χ2v) is 4.61. The van der Waals surface area contributed by atoms with Crippen LogP contribution >= 0.6 is 0 Å². The molecule has 0 bridgehead atoms. The number of para-hydroxylation sites is 1. The first-order valence-corrected chi connectivity index (χ1v) is 6.44. The van der Waals surface area contributed by atoms with Crippen LogP contribution in [0, 0.1) is 6.92 Å². The van der Waals surface area contributed by atoms with E-state index in [1.54, 1.807) is 0 Å². The molecule has 18 heavy (non-hydrogen) atoms. The molecule has 1 aromatic heterocycles. The molecule has 1 atom stereocenters. The molecule has 1 heterocycles. The number of nitrogens with zero attached hydrogens (tertiary/aromatic N) is 1. The van der Waals surface area contributed by atoms with Gasteiger partial charge in [0.2, 0.25) is 0 Å². The molecule has 0 aliphatic carbocycles. The van der Waals surface area contributed by atoms with Crippen molar-refractivity contribution in [2.45, 2.75) is 32.9 Å². The molecule has 0 saturated heterocycles. The maximum atomic E-state index is 9.20. The summed E-state index contributed by atoms with van der Waals surface area (Å²) in [5.74, 6) is 0. The van der Waals surface area contributed by atoms with Crippen LogP contribution in [0.2, 0.25) is 0 Å². The Labute approximate surface area is 108 Å². The second-order valence-electron chi connectivity index (χ2n) is 4.61. The summed E-state index contributed by atoms with van der Waals surface area (Å²) in [4.78, 5) is 4.53. The fourth-order valence-corrected chi connectivity index (χ4v) is 2.13. The van der Waals surface area contributed by atoms with Crippen molar-refractivity contribution in [1.29, 1.82) is 0 Å². The van der Waals surface area contributed by atoms with Crippen molar-refractivity contribution in [1.82, 2.24) is 10.3 Å². The summed E-state index contributed by atoms with van der Waals surface area (Å²) in [6.45, 7) is 5.03. The van der Waals surface area contributed by atoms with Gasteiger partial charge in [0.25, 0.3) is 0 Å². The van der Waals surface area contributed by atoms with Gasteiger partial charge in [0.1, 0.15) is 0 Å². The molecule has 3 heteroatoms. The first kappa shape index (κ1) is 13.0. The largest absolute Gasteiger partial charge is 0.395 e. The zero-order chi connectivity index (χ0) is 13.0. The maximum absolute atomic E-state index is 9.20. The minimum Gasteiger partial charge on any atom is -0.395 e. The van der Waals surface area contributed by atoms with Gasteiger partial charge in [-0.25, -0.2) is 0 Å². The molecular formula is C15H20N2O. The summed E-state index contributed by atoms with van der Waals surface area (Å²) >= 11 is 0. The highest BCUT2D eigenvalue weighted by molar-refractivity contribution is 5.82. The Bertz CT molecular complexity index is 521. The minimum absolute atomic E-state index is 0.164. The summed E-state index contributed by atoms with van der Waals surface area (Å²) in [7, 11) is 0. The number of aliphatic hydroxyl groups excluding tert-OH is 1. The Morgan fingerprint density at radius 1 is 1.33 bits per heavy atom. The average molecular weight is 244 g/mol. The number of benzene rings is 1. The number of fused-ring (bicyclic) bond motifs is 1. The van der Waals surface area contributed by atoms with Crippen LogP contribution < -0.4 is 5.32 Å². The molecule has 0 saturated carbocycles. The van der Waals surface area contributed by atoms with E-state index in [1.165, 1.54) is 10.9 Å². The van der Waals surface area contributed by atoms with E-state index < -0.39 is 0 Å². The van der Waals surface area contributed by atoms with Crippen LogP contribution in [0.15, 0.2) is 30.3 Å². The Morgan fingerprint density at radius 3 is 2.83 bits per heavy atom. The van der Waals surface area contributed by atoms with Crippen molar-refractivity contribution in [3.63, 3.8) is 0 Å². The molecule has 1 aromatic carbocycles. The lowest BCUT2D eigenvalue weighted by molar-refractivity contribution is 0.238. The summed E-state index contributed by atoms with van der Waals surface area (Å²) in [6, 6.07) is 10.4. The maximum Gasteiger partial charge on any atom is 0.0708 e. The monoisotopic (exact) mass is 244 g/mol. The predicted octanol–water partition coefficient (Wildman–Crippen LogP) is 2.40. The number of aryl methyl sites for hydroxylation is 1. The van der Waals surface area contributed by atoms with Gasteiger partial charge < -0.3 is 10.4 Å². The Morgan fingerprint density at radius 2 is 2.11 bits per heavy atom. The quantitative estimate of drug-likeness (QED) is 0.849. The SMILES string of the molecule is CC[C@H](CO)NCc1cc(C)nc2ccccc12. The number of aromatic nitrogens is 1. The summed E-state index contributed by atoms with van der Waals surface area (Å²) in [5, 5.41) is 13.8. The molecule has 2 rings (SSSR count). The molecule has 0 aliphatic rings. The van der Waals surface area contributed by atoms with Crippen LogP contribution in [0.25, 0.3) is 10.9 Å². The van der Waals surface area contributed by atoms with Crippen LogP contribution in [0.1, 0.15) is 24.6 Å². The fraction of sp³-hybridized carbons (Fsp3) is 0.400. The minimum atomic E-state index is 0.164. The molecule has 2 N–H and O–H groups in total. The molecule has 2 aromatic rings. The van der Waals surface area contributed by atoms with Crippen LogP contribution in [-0.4, -0.2) is 22.7 Å². The van der Waals surface area contributed by atoms with Gasteiger partial charge in [0.05, 0.1) is 12.1 Å². The summed E-state index contributed by atoms with van der Waals surface area (Å²) < 4.78 is 0. The molecule has 0 amide bonds. The zero-order valence-corrected chi connectivity index (χ0v) is 11.0. The van der Waals surface area contributed by atoms with Crippen molar-refractivity contribution in [3.05, 3.63) is 41.6 Å². The molecule has 0 spiro atoms. The number of pyridine rings is 1. The van der Waals surface area contributed by atoms with E-state index in [1.807, 2.05) is 25.1 Å². The summed E-state index contributed by atoms with van der Waals surface area (Å²) in [5.41, 5.74) is 3.30. The van der Waals surface area contributed by atoms with Crippen LogP contribution in [0.4, 0.5) is 0 Å². The lowest BCUT2D eigenvalue weighted by Crippen LogP contribution is -2.31. The highest BCUT2D eigenvalue weighted by Crippen LogP contribution is 2.18. The molecule has 96 valence electrons. The zero-order valence-electron chi connectivity index (χ0n) is 11.0. The Hall–Kier alpha value is -1.45. The van der Waals surface area contributed by atoms with Gasteiger partial charge in [0.15, 0.2) is 0 Å². The van der Waals surface area contributed by atoms with E-state index in [0.29, 0.717) is 0 Å². The number of rotatable bonds is 5. The predicted molar refractivity (Wildman–Crippen MR) is 74.5 cm³/mol. The van der Waals surface area contributed by atoms with Crippen molar-refractivity contribution >= 4 is 10.9 Å². The lowest BCUT2D eigenvalue weighted by atomic mass is 10.1. The topological polar surface area (TPSA) is 45.1 Å². The van der Waals surface area contributed by atoms with Gasteiger partial charge >= 0.3 is 0 Å². The van der Waals surface area contributed by atoms with E-state index >= 15 is 0 Å². The first-order valence-electron chi connectivity index (χ1n) is 6.44. The fourth-order valence-electron chi connectivity index (χ4n) is 2.13. The van der Waals surface area contributed by atoms with Crippen molar-refractivity contribution in [2.75, 3.05) is 6.61 Å². The highest BCUT2D eigenvalue weighted by Gasteiger charge is 2.07. The third kappa shape index (κ3) is 2.86. The molecular weight excluding hydrogens is 224 g/mol. The van der Waals surface area contributed by atoms with Crippen molar-refractivity contribution in [2.24, 2.45) is 0 Å². The summed E-state index contributed by atoms with van der Waals surface area (Å²) in [6.07, 6.45) is 0.929. The van der Waals surface area contributed by atoms with Gasteiger partial charge in [-0.15, -0.1) is 0 Å². The lowest BCUT2D eigenvalue weighted by Gasteiger charge is -2.15. The van der Waals surface area contributed by atoms with Gasteiger partial charge in [-0.2, -0.15) is 0 Å². The van der Waals surface area contributed by atoms with E-state index in [0.717, 1.165) is 24.2 Å². The normalized spacial score (nSPS) is 12.8. The van der Waals surface area contributed by atoms with Gasteiger partial charge in [-0.3, -0.25) is 4.98 Å². The van der Waals surface area contributed by atoms with Gasteiger partial charge in [-0.05, 0) is 31.0 Å². The van der Waals surface area contributed by atoms with E-state index in [9.17, 15) is 5.11 Å². The van der Waals surface area contributed by atoms with Gasteiger partial charge in [0, 0.05) is 23.7 Å². The Balaban J connectivity index is 2.26. The van der Waals surface area contributed by atoms with E-state index in [4.69, 9.17) is 0 Å². The third-order valence-corrected chi connectivity index (χ3v) is 3.22. The van der Waals surface area contributed by atoms with Crippen LogP contribution in [0.3, 0.4) is 0 Å². The number of hydrogen-bond acceptors (Lipinski definition) is 3.